The molecule has 0 saturated heterocycles. The average molecular weight is 529 g/mol. The number of hydrogen-bond acceptors (Lipinski definition) is 5. The summed E-state index contributed by atoms with van der Waals surface area (Å²) in [6, 6.07) is 21.5. The van der Waals surface area contributed by atoms with Crippen LogP contribution in [0.1, 0.15) is 21.5 Å². The van der Waals surface area contributed by atoms with Crippen molar-refractivity contribution < 1.29 is 13.2 Å². The first-order valence-corrected chi connectivity index (χ1v) is 12.7. The number of carbonyl (C=O) groups is 1. The Bertz CT molecular complexity index is 1240. The summed E-state index contributed by atoms with van der Waals surface area (Å²) in [7, 11) is 0.405. The van der Waals surface area contributed by atoms with Gasteiger partial charge in [0.25, 0.3) is 5.91 Å². The fourth-order valence-electron chi connectivity index (χ4n) is 3.12. The molecule has 1 amide bonds. The highest BCUT2D eigenvalue weighted by molar-refractivity contribution is 9.10. The van der Waals surface area contributed by atoms with E-state index in [9.17, 15) is 13.2 Å². The fourth-order valence-corrected chi connectivity index (χ4v) is 4.76. The first-order chi connectivity index (χ1) is 15.6. The van der Waals surface area contributed by atoms with E-state index in [0.717, 1.165) is 27.5 Å². The molecule has 0 aliphatic heterocycles. The van der Waals surface area contributed by atoms with Crippen LogP contribution in [0.2, 0.25) is 0 Å². The van der Waals surface area contributed by atoms with E-state index in [1.165, 1.54) is 4.31 Å². The molecule has 3 rings (SSSR count). The molecule has 9 heteroatoms. The third kappa shape index (κ3) is 6.66. The number of rotatable bonds is 8. The van der Waals surface area contributed by atoms with Gasteiger partial charge >= 0.3 is 0 Å². The molecule has 172 valence electrons. The highest BCUT2D eigenvalue weighted by Crippen LogP contribution is 2.25. The van der Waals surface area contributed by atoms with E-state index < -0.39 is 15.9 Å². The molecule has 0 fully saturated rings. The smallest absolute Gasteiger partial charge is 0.271 e. The molecule has 0 saturated carbocycles. The van der Waals surface area contributed by atoms with Crippen molar-refractivity contribution in [3.63, 3.8) is 0 Å². The molecule has 3 aromatic carbocycles. The largest absolute Gasteiger partial charge is 0.377 e. The van der Waals surface area contributed by atoms with E-state index in [1.807, 2.05) is 67.5 Å². The molecular formula is C24H25BrN4O3S. The molecule has 0 aliphatic carbocycles. The molecule has 33 heavy (non-hydrogen) atoms. The van der Waals surface area contributed by atoms with Gasteiger partial charge in [-0.3, -0.25) is 9.10 Å². The zero-order valence-corrected chi connectivity index (χ0v) is 21.0. The van der Waals surface area contributed by atoms with Crippen LogP contribution < -0.4 is 14.6 Å². The van der Waals surface area contributed by atoms with Gasteiger partial charge in [0.1, 0.15) is 0 Å². The van der Waals surface area contributed by atoms with Crippen LogP contribution in [0.4, 0.5) is 11.4 Å². The second-order valence-corrected chi connectivity index (χ2v) is 10.4. The Morgan fingerprint density at radius 3 is 2.27 bits per heavy atom. The maximum atomic E-state index is 12.4. The average Bonchev–Trinajstić information content (AvgIpc) is 2.77. The molecule has 0 bridgehead atoms. The SMILES string of the molecule is CN(C)c1ccc(/C=N\NC(=O)c2ccc(N(Cc3ccccc3)S(C)(=O)=O)cc2)cc1Br. The summed E-state index contributed by atoms with van der Waals surface area (Å²) in [5.74, 6) is -0.393. The van der Waals surface area contributed by atoms with Gasteiger partial charge in [0.15, 0.2) is 0 Å². The van der Waals surface area contributed by atoms with Crippen molar-refractivity contribution in [2.75, 3.05) is 29.6 Å². The number of carbonyl (C=O) groups excluding carboxylic acids is 1. The number of hydrazone groups is 1. The van der Waals surface area contributed by atoms with Gasteiger partial charge in [-0.1, -0.05) is 36.4 Å². The van der Waals surface area contributed by atoms with E-state index in [-0.39, 0.29) is 6.54 Å². The van der Waals surface area contributed by atoms with E-state index in [2.05, 4.69) is 26.5 Å². The normalized spacial score (nSPS) is 11.4. The molecular weight excluding hydrogens is 504 g/mol. The van der Waals surface area contributed by atoms with Crippen LogP contribution in [0.25, 0.3) is 0 Å². The number of sulfonamides is 1. The second-order valence-electron chi connectivity index (χ2n) is 7.61. The molecule has 0 radical (unpaired) electrons. The molecule has 0 atom stereocenters. The minimum Gasteiger partial charge on any atom is -0.377 e. The van der Waals surface area contributed by atoms with Crippen LogP contribution in [0, 0.1) is 0 Å². The highest BCUT2D eigenvalue weighted by atomic mass is 79.9. The van der Waals surface area contributed by atoms with Crippen LogP contribution in [0.15, 0.2) is 82.4 Å². The summed E-state index contributed by atoms with van der Waals surface area (Å²) >= 11 is 3.52. The number of benzene rings is 3. The quantitative estimate of drug-likeness (QED) is 0.350. The maximum absolute atomic E-state index is 12.4. The van der Waals surface area contributed by atoms with E-state index in [1.54, 1.807) is 30.5 Å². The molecule has 0 heterocycles. The standard InChI is InChI=1S/C24H25BrN4O3S/c1-28(2)23-14-9-19(15-22(23)25)16-26-27-24(30)20-10-12-21(13-11-20)29(33(3,31)32)17-18-7-5-4-6-8-18/h4-16H,17H2,1-3H3,(H,27,30)/b26-16-. The molecule has 1 N–H and O–H groups in total. The molecule has 0 aromatic heterocycles. The molecule has 0 aliphatic rings. The first kappa shape index (κ1) is 24.5. The summed E-state index contributed by atoms with van der Waals surface area (Å²) in [5.41, 5.74) is 6.07. The van der Waals surface area contributed by atoms with E-state index in [4.69, 9.17) is 0 Å². The predicted molar refractivity (Wildman–Crippen MR) is 137 cm³/mol. The molecule has 0 unspecified atom stereocenters. The summed E-state index contributed by atoms with van der Waals surface area (Å²) in [5, 5.41) is 4.02. The lowest BCUT2D eigenvalue weighted by molar-refractivity contribution is 0.0955. The minimum absolute atomic E-state index is 0.206. The van der Waals surface area contributed by atoms with Crippen molar-refractivity contribution in [3.8, 4) is 0 Å². The fraction of sp³-hybridized carbons (Fsp3) is 0.167. The lowest BCUT2D eigenvalue weighted by Crippen LogP contribution is -2.29. The van der Waals surface area contributed by atoms with Crippen molar-refractivity contribution in [1.82, 2.24) is 5.43 Å². The Balaban J connectivity index is 1.69. The second kappa shape index (κ2) is 10.6. The molecule has 3 aromatic rings. The summed E-state index contributed by atoms with van der Waals surface area (Å²) < 4.78 is 26.9. The van der Waals surface area contributed by atoms with Gasteiger partial charge in [-0.2, -0.15) is 5.10 Å². The van der Waals surface area contributed by atoms with Crippen LogP contribution >= 0.6 is 15.9 Å². The van der Waals surface area contributed by atoms with Gasteiger partial charge < -0.3 is 4.90 Å². The van der Waals surface area contributed by atoms with E-state index >= 15 is 0 Å². The monoisotopic (exact) mass is 528 g/mol. The van der Waals surface area contributed by atoms with Gasteiger partial charge in [-0.05, 0) is 63.5 Å². The lowest BCUT2D eigenvalue weighted by Gasteiger charge is -2.22. The Morgan fingerprint density at radius 2 is 1.70 bits per heavy atom. The number of nitrogens with zero attached hydrogens (tertiary/aromatic N) is 3. The zero-order valence-electron chi connectivity index (χ0n) is 18.6. The summed E-state index contributed by atoms with van der Waals surface area (Å²) in [4.78, 5) is 14.4. The van der Waals surface area contributed by atoms with Crippen molar-refractivity contribution in [2.45, 2.75) is 6.54 Å². The Kier molecular flexibility index (Phi) is 7.88. The lowest BCUT2D eigenvalue weighted by atomic mass is 10.2. The zero-order chi connectivity index (χ0) is 24.0. The number of amides is 1. The number of halogens is 1. The van der Waals surface area contributed by atoms with Crippen LogP contribution in [-0.2, 0) is 16.6 Å². The topological polar surface area (TPSA) is 82.1 Å². The van der Waals surface area contributed by atoms with Crippen molar-refractivity contribution >= 4 is 49.4 Å². The van der Waals surface area contributed by atoms with Gasteiger partial charge in [0, 0.05) is 24.1 Å². The van der Waals surface area contributed by atoms with Crippen molar-refractivity contribution in [3.05, 3.63) is 94.0 Å². The summed E-state index contributed by atoms with van der Waals surface area (Å²) in [6.45, 7) is 0.206. The van der Waals surface area contributed by atoms with Crippen LogP contribution in [-0.4, -0.2) is 40.9 Å². The Morgan fingerprint density at radius 1 is 1.03 bits per heavy atom. The van der Waals surface area contributed by atoms with Crippen molar-refractivity contribution in [2.24, 2.45) is 5.10 Å². The third-order valence-corrected chi connectivity index (χ3v) is 6.60. The van der Waals surface area contributed by atoms with Crippen molar-refractivity contribution in [1.29, 1.82) is 0 Å². The number of nitrogens with one attached hydrogen (secondary N) is 1. The van der Waals surface area contributed by atoms with Gasteiger partial charge in [-0.25, -0.2) is 13.8 Å². The predicted octanol–water partition coefficient (Wildman–Crippen LogP) is 4.25. The first-order valence-electron chi connectivity index (χ1n) is 10.1. The van der Waals surface area contributed by atoms with Gasteiger partial charge in [-0.15, -0.1) is 0 Å². The molecule has 7 nitrogen and oxygen atoms in total. The Labute approximate surface area is 202 Å². The highest BCUT2D eigenvalue weighted by Gasteiger charge is 2.18. The van der Waals surface area contributed by atoms with E-state index in [0.29, 0.717) is 11.3 Å². The minimum atomic E-state index is -3.50. The number of hydrogen-bond donors (Lipinski definition) is 1. The van der Waals surface area contributed by atoms with Crippen LogP contribution in [0.5, 0.6) is 0 Å². The third-order valence-electron chi connectivity index (χ3n) is 4.82. The van der Waals surface area contributed by atoms with Gasteiger partial charge in [0.05, 0.1) is 30.4 Å². The maximum Gasteiger partial charge on any atom is 0.271 e. The summed E-state index contributed by atoms with van der Waals surface area (Å²) in [6.07, 6.45) is 2.72. The molecule has 0 spiro atoms. The Hall–Kier alpha value is -3.17. The van der Waals surface area contributed by atoms with Gasteiger partial charge in [0.2, 0.25) is 10.0 Å². The number of anilines is 2. The van der Waals surface area contributed by atoms with Crippen LogP contribution in [0.3, 0.4) is 0 Å².